The highest BCUT2D eigenvalue weighted by Crippen LogP contribution is 2.10. The molecule has 0 aliphatic heterocycles. The molecule has 2 N–H and O–H groups in total. The van der Waals surface area contributed by atoms with Gasteiger partial charge in [0.05, 0.1) is 6.42 Å². The summed E-state index contributed by atoms with van der Waals surface area (Å²) in [7, 11) is 0. The number of hydrogen-bond acceptors (Lipinski definition) is 4. The topological polar surface area (TPSA) is 75.6 Å². The van der Waals surface area contributed by atoms with Gasteiger partial charge in [-0.3, -0.25) is 9.59 Å². The Morgan fingerprint density at radius 1 is 1.20 bits per heavy atom. The molecule has 5 nitrogen and oxygen atoms in total. The van der Waals surface area contributed by atoms with Gasteiger partial charge < -0.3 is 15.2 Å². The second kappa shape index (κ2) is 8.19. The van der Waals surface area contributed by atoms with Crippen molar-refractivity contribution in [1.82, 2.24) is 5.32 Å². The third-order valence-corrected chi connectivity index (χ3v) is 3.00. The molecule has 0 spiro atoms. The van der Waals surface area contributed by atoms with Crippen molar-refractivity contribution in [3.63, 3.8) is 0 Å². The first-order valence-corrected chi connectivity index (χ1v) is 6.78. The minimum Gasteiger partial charge on any atom is -0.508 e. The molecule has 1 aromatic rings. The number of esters is 1. The van der Waals surface area contributed by atoms with Gasteiger partial charge in [0.1, 0.15) is 5.75 Å². The lowest BCUT2D eigenvalue weighted by atomic mass is 10.1. The van der Waals surface area contributed by atoms with Crippen LogP contribution in [0.15, 0.2) is 24.3 Å². The van der Waals surface area contributed by atoms with E-state index in [9.17, 15) is 9.59 Å². The van der Waals surface area contributed by atoms with E-state index in [1.807, 2.05) is 13.8 Å². The monoisotopic (exact) mass is 279 g/mol. The first kappa shape index (κ1) is 16.0. The average Bonchev–Trinajstić information content (AvgIpc) is 2.45. The van der Waals surface area contributed by atoms with Gasteiger partial charge in [0.2, 0.25) is 0 Å². The molecule has 0 atom stereocenters. The Labute approximate surface area is 118 Å². The molecular formula is C15H21NO4. The van der Waals surface area contributed by atoms with Gasteiger partial charge in [-0.2, -0.15) is 0 Å². The molecule has 1 rings (SSSR count). The fourth-order valence-corrected chi connectivity index (χ4v) is 1.74. The molecule has 5 heteroatoms. The normalized spacial score (nSPS) is 10.3. The highest BCUT2D eigenvalue weighted by molar-refractivity contribution is 5.81. The summed E-state index contributed by atoms with van der Waals surface area (Å²) in [5, 5.41) is 11.9. The highest BCUT2D eigenvalue weighted by Gasteiger charge is 2.11. The summed E-state index contributed by atoms with van der Waals surface area (Å²) >= 11 is 0. The van der Waals surface area contributed by atoms with E-state index in [1.165, 1.54) is 12.1 Å². The predicted octanol–water partition coefficient (Wildman–Crippen LogP) is 1.78. The molecule has 0 saturated heterocycles. The van der Waals surface area contributed by atoms with E-state index >= 15 is 0 Å². The number of ether oxygens (including phenoxy) is 1. The number of phenols is 1. The summed E-state index contributed by atoms with van der Waals surface area (Å²) < 4.78 is 4.91. The molecule has 0 saturated carbocycles. The number of carbonyl (C=O) groups excluding carboxylic acids is 2. The quantitative estimate of drug-likeness (QED) is 0.746. The highest BCUT2D eigenvalue weighted by atomic mass is 16.5. The van der Waals surface area contributed by atoms with Gasteiger partial charge in [-0.25, -0.2) is 0 Å². The Morgan fingerprint density at radius 3 is 2.35 bits per heavy atom. The van der Waals surface area contributed by atoms with Crippen LogP contribution in [-0.2, 0) is 20.7 Å². The Morgan fingerprint density at radius 2 is 1.80 bits per heavy atom. The van der Waals surface area contributed by atoms with Gasteiger partial charge in [-0.15, -0.1) is 0 Å². The standard InChI is InChI=1S/C15H21NO4/c1-3-12(4-2)16-14(18)10-20-15(19)9-11-5-7-13(17)8-6-11/h5-8,12,17H,3-4,9-10H2,1-2H3,(H,16,18). The predicted molar refractivity (Wildman–Crippen MR) is 75.3 cm³/mol. The summed E-state index contributed by atoms with van der Waals surface area (Å²) in [5.74, 6) is -0.597. The molecule has 1 aromatic carbocycles. The van der Waals surface area contributed by atoms with E-state index in [-0.39, 0.29) is 30.7 Å². The van der Waals surface area contributed by atoms with Gasteiger partial charge in [0.15, 0.2) is 6.61 Å². The molecular weight excluding hydrogens is 258 g/mol. The molecule has 1 amide bonds. The van der Waals surface area contributed by atoms with E-state index < -0.39 is 5.97 Å². The molecule has 0 aliphatic rings. The zero-order chi connectivity index (χ0) is 15.0. The molecule has 0 heterocycles. The number of phenolic OH excluding ortho intramolecular Hbond substituents is 1. The van der Waals surface area contributed by atoms with Gasteiger partial charge in [0.25, 0.3) is 5.91 Å². The number of nitrogens with one attached hydrogen (secondary N) is 1. The van der Waals surface area contributed by atoms with Crippen molar-refractivity contribution in [1.29, 1.82) is 0 Å². The maximum atomic E-state index is 11.6. The number of benzene rings is 1. The maximum Gasteiger partial charge on any atom is 0.310 e. The van der Waals surface area contributed by atoms with Crippen LogP contribution < -0.4 is 5.32 Å². The van der Waals surface area contributed by atoms with E-state index in [0.717, 1.165) is 18.4 Å². The number of hydrogen-bond donors (Lipinski definition) is 2. The molecule has 20 heavy (non-hydrogen) atoms. The Balaban J connectivity index is 2.32. The zero-order valence-corrected chi connectivity index (χ0v) is 11.9. The summed E-state index contributed by atoms with van der Waals surface area (Å²) in [6.45, 7) is 3.73. The number of carbonyl (C=O) groups is 2. The van der Waals surface area contributed by atoms with E-state index in [0.29, 0.717) is 0 Å². The van der Waals surface area contributed by atoms with Crippen LogP contribution in [0.3, 0.4) is 0 Å². The van der Waals surface area contributed by atoms with Crippen molar-refractivity contribution in [2.45, 2.75) is 39.2 Å². The minimum absolute atomic E-state index is 0.0819. The SMILES string of the molecule is CCC(CC)NC(=O)COC(=O)Cc1ccc(O)cc1. The van der Waals surface area contributed by atoms with Gasteiger partial charge >= 0.3 is 5.97 Å². The first-order valence-electron chi connectivity index (χ1n) is 6.78. The van der Waals surface area contributed by atoms with Crippen LogP contribution in [0.4, 0.5) is 0 Å². The molecule has 0 radical (unpaired) electrons. The fourth-order valence-electron chi connectivity index (χ4n) is 1.74. The summed E-state index contributed by atoms with van der Waals surface area (Å²) in [5.41, 5.74) is 0.730. The molecule has 0 bridgehead atoms. The van der Waals surface area contributed by atoms with Crippen LogP contribution in [-0.4, -0.2) is 29.6 Å². The van der Waals surface area contributed by atoms with Crippen LogP contribution in [0.5, 0.6) is 5.75 Å². The smallest absolute Gasteiger partial charge is 0.310 e. The maximum absolute atomic E-state index is 11.6. The van der Waals surface area contributed by atoms with Crippen LogP contribution in [0, 0.1) is 0 Å². The Hall–Kier alpha value is -2.04. The minimum atomic E-state index is -0.463. The number of amides is 1. The summed E-state index contributed by atoms with van der Waals surface area (Å²) in [4.78, 5) is 23.1. The second-order valence-corrected chi connectivity index (χ2v) is 4.58. The Bertz CT molecular complexity index is 438. The van der Waals surface area contributed by atoms with E-state index in [4.69, 9.17) is 9.84 Å². The van der Waals surface area contributed by atoms with Crippen LogP contribution in [0.1, 0.15) is 32.3 Å². The summed E-state index contributed by atoms with van der Waals surface area (Å²) in [6.07, 6.45) is 1.78. The average molecular weight is 279 g/mol. The fraction of sp³-hybridized carbons (Fsp3) is 0.467. The Kier molecular flexibility index (Phi) is 6.56. The van der Waals surface area contributed by atoms with Crippen molar-refractivity contribution < 1.29 is 19.4 Å². The number of aromatic hydroxyl groups is 1. The van der Waals surface area contributed by atoms with E-state index in [1.54, 1.807) is 12.1 Å². The molecule has 0 fully saturated rings. The number of rotatable bonds is 7. The van der Waals surface area contributed by atoms with Crippen LogP contribution >= 0.6 is 0 Å². The van der Waals surface area contributed by atoms with Crippen LogP contribution in [0.2, 0.25) is 0 Å². The second-order valence-electron chi connectivity index (χ2n) is 4.58. The summed E-state index contributed by atoms with van der Waals surface area (Å²) in [6, 6.07) is 6.41. The molecule has 0 unspecified atom stereocenters. The molecule has 110 valence electrons. The van der Waals surface area contributed by atoms with Crippen molar-refractivity contribution in [2.24, 2.45) is 0 Å². The van der Waals surface area contributed by atoms with Gasteiger partial charge in [-0.05, 0) is 30.5 Å². The van der Waals surface area contributed by atoms with Gasteiger partial charge in [-0.1, -0.05) is 26.0 Å². The lowest BCUT2D eigenvalue weighted by Crippen LogP contribution is -2.37. The van der Waals surface area contributed by atoms with Crippen molar-refractivity contribution >= 4 is 11.9 Å². The van der Waals surface area contributed by atoms with Crippen LogP contribution in [0.25, 0.3) is 0 Å². The van der Waals surface area contributed by atoms with E-state index in [2.05, 4.69) is 5.32 Å². The first-order chi connectivity index (χ1) is 9.55. The van der Waals surface area contributed by atoms with Gasteiger partial charge in [0, 0.05) is 6.04 Å². The largest absolute Gasteiger partial charge is 0.508 e. The van der Waals surface area contributed by atoms with Crippen molar-refractivity contribution in [3.05, 3.63) is 29.8 Å². The lowest BCUT2D eigenvalue weighted by Gasteiger charge is -2.14. The van der Waals surface area contributed by atoms with Crippen molar-refractivity contribution in [3.8, 4) is 5.75 Å². The lowest BCUT2D eigenvalue weighted by molar-refractivity contribution is -0.148. The van der Waals surface area contributed by atoms with Crippen molar-refractivity contribution in [2.75, 3.05) is 6.61 Å². The third-order valence-electron chi connectivity index (χ3n) is 3.00. The zero-order valence-electron chi connectivity index (χ0n) is 11.9. The molecule has 0 aromatic heterocycles. The molecule has 0 aliphatic carbocycles. The third kappa shape index (κ3) is 5.73.